The molecule has 0 aromatic heterocycles. The molecular weight excluding hydrogens is 458 g/mol. The van der Waals surface area contributed by atoms with Gasteiger partial charge >= 0.3 is 35.8 Å². The van der Waals surface area contributed by atoms with E-state index >= 15 is 0 Å². The monoisotopic (exact) mass is 462 g/mol. The van der Waals surface area contributed by atoms with Crippen molar-refractivity contribution in [2.45, 2.75) is 54.5 Å². The van der Waals surface area contributed by atoms with Gasteiger partial charge in [-0.3, -0.25) is 0 Å². The highest BCUT2D eigenvalue weighted by atomic mass is 19.4. The third kappa shape index (κ3) is 4.37. The molecule has 29 heavy (non-hydrogen) atoms. The maximum absolute atomic E-state index is 13.5. The van der Waals surface area contributed by atoms with Crippen LogP contribution in [0.15, 0.2) is 9.98 Å². The highest BCUT2D eigenvalue weighted by Crippen LogP contribution is 2.60. The first-order chi connectivity index (χ1) is 12.7. The number of halogens is 14. The molecule has 0 bridgehead atoms. The van der Waals surface area contributed by atoms with E-state index in [-0.39, 0.29) is 6.08 Å². The van der Waals surface area contributed by atoms with Gasteiger partial charge in [0.15, 0.2) is 0 Å². The average molecular weight is 462 g/mol. The van der Waals surface area contributed by atoms with Crippen LogP contribution in [0.2, 0.25) is 0 Å². The first kappa shape index (κ1) is 26.8. The summed E-state index contributed by atoms with van der Waals surface area (Å²) >= 11 is 0. The van der Waals surface area contributed by atoms with E-state index in [0.29, 0.717) is 6.08 Å². The zero-order chi connectivity index (χ0) is 23.7. The van der Waals surface area contributed by atoms with Crippen molar-refractivity contribution in [1.82, 2.24) is 0 Å². The molecule has 0 fully saturated rings. The maximum Gasteiger partial charge on any atom is 0.460 e. The van der Waals surface area contributed by atoms with Crippen LogP contribution < -0.4 is 0 Å². The number of isocyanates is 2. The molecule has 0 aliphatic rings. The van der Waals surface area contributed by atoms with Crippen LogP contribution in [0.25, 0.3) is 0 Å². The Kier molecular flexibility index (Phi) is 7.29. The molecule has 2 unspecified atom stereocenters. The Morgan fingerprint density at radius 2 is 1.00 bits per heavy atom. The molecule has 0 N–H and O–H groups in total. The van der Waals surface area contributed by atoms with Crippen LogP contribution in [0.1, 0.15) is 6.42 Å². The molecule has 0 aliphatic heterocycles. The maximum atomic E-state index is 13.5. The van der Waals surface area contributed by atoms with E-state index in [1.807, 2.05) is 9.98 Å². The lowest BCUT2D eigenvalue weighted by atomic mass is 9.91. The standard InChI is InChI=1S/C11H4F14N2O2/c12-5(27-3-29)4(26-2-28)1-6(13,14)7(15,16)8(17,18)9(19,20)10(21,22)11(23,24)25/h4-5H,1H2. The molecule has 0 amide bonds. The lowest BCUT2D eigenvalue weighted by molar-refractivity contribution is -0.440. The number of rotatable bonds is 9. The molecule has 0 saturated carbocycles. The zero-order valence-corrected chi connectivity index (χ0v) is 12.9. The van der Waals surface area contributed by atoms with Gasteiger partial charge in [0.2, 0.25) is 18.5 Å². The first-order valence-electron chi connectivity index (χ1n) is 6.39. The SMILES string of the molecule is O=C=NC(F)C(CC(F)(F)C(F)(F)C(F)(F)C(F)(F)C(F)(F)C(F)(F)F)N=C=O. The van der Waals surface area contributed by atoms with Gasteiger partial charge in [-0.1, -0.05) is 0 Å². The average Bonchev–Trinajstić information content (AvgIpc) is 2.52. The lowest BCUT2D eigenvalue weighted by Gasteiger charge is -2.40. The van der Waals surface area contributed by atoms with Crippen LogP contribution in [-0.2, 0) is 9.59 Å². The summed E-state index contributed by atoms with van der Waals surface area (Å²) in [5.74, 6) is -38.5. The lowest BCUT2D eigenvalue weighted by Crippen LogP contribution is -2.70. The van der Waals surface area contributed by atoms with E-state index < -0.39 is 54.5 Å². The summed E-state index contributed by atoms with van der Waals surface area (Å²) in [7, 11) is 0. The Hall–Kier alpha value is -2.22. The predicted molar refractivity (Wildman–Crippen MR) is 60.3 cm³/mol. The van der Waals surface area contributed by atoms with Gasteiger partial charge in [-0.05, 0) is 0 Å². The molecular formula is C11H4F14N2O2. The molecule has 4 nitrogen and oxygen atoms in total. The fourth-order valence-electron chi connectivity index (χ4n) is 1.60. The zero-order valence-electron chi connectivity index (χ0n) is 12.9. The summed E-state index contributed by atoms with van der Waals surface area (Å²) in [6.07, 6.45) is -13.6. The van der Waals surface area contributed by atoms with Crippen molar-refractivity contribution in [1.29, 1.82) is 0 Å². The molecule has 0 aromatic carbocycles. The van der Waals surface area contributed by atoms with Gasteiger partial charge < -0.3 is 0 Å². The van der Waals surface area contributed by atoms with Gasteiger partial charge in [-0.25, -0.2) is 14.0 Å². The third-order valence-electron chi connectivity index (χ3n) is 3.18. The number of nitrogens with zero attached hydrogens (tertiary/aromatic N) is 2. The Bertz CT molecular complexity index is 690. The van der Waals surface area contributed by atoms with Crippen LogP contribution in [-0.4, -0.2) is 60.3 Å². The second kappa shape index (κ2) is 7.89. The molecule has 0 radical (unpaired) electrons. The van der Waals surface area contributed by atoms with Crippen LogP contribution in [0.5, 0.6) is 0 Å². The van der Waals surface area contributed by atoms with Crippen molar-refractivity contribution in [2.75, 3.05) is 0 Å². The first-order valence-corrected chi connectivity index (χ1v) is 6.39. The van der Waals surface area contributed by atoms with Crippen molar-refractivity contribution in [2.24, 2.45) is 9.98 Å². The van der Waals surface area contributed by atoms with Crippen LogP contribution >= 0.6 is 0 Å². The van der Waals surface area contributed by atoms with Crippen molar-refractivity contribution < 1.29 is 71.1 Å². The predicted octanol–water partition coefficient (Wildman–Crippen LogP) is 4.45. The fourth-order valence-corrected chi connectivity index (χ4v) is 1.60. The molecule has 0 saturated heterocycles. The van der Waals surface area contributed by atoms with E-state index in [0.717, 1.165) is 0 Å². The highest BCUT2D eigenvalue weighted by molar-refractivity contribution is 5.35. The smallest absolute Gasteiger partial charge is 0.218 e. The Morgan fingerprint density at radius 1 is 0.621 bits per heavy atom. The van der Waals surface area contributed by atoms with Gasteiger partial charge in [0.05, 0.1) is 0 Å². The third-order valence-corrected chi connectivity index (χ3v) is 3.18. The Labute approximate surface area is 149 Å². The Balaban J connectivity index is 6.34. The minimum Gasteiger partial charge on any atom is -0.218 e. The van der Waals surface area contributed by atoms with Crippen molar-refractivity contribution in [3.8, 4) is 0 Å². The summed E-state index contributed by atoms with van der Waals surface area (Å²) in [4.78, 5) is 23.7. The van der Waals surface area contributed by atoms with E-state index in [9.17, 15) is 71.1 Å². The number of carbonyl (C=O) groups excluding carboxylic acids is 2. The van der Waals surface area contributed by atoms with Crippen molar-refractivity contribution in [3.63, 3.8) is 0 Å². The van der Waals surface area contributed by atoms with Crippen LogP contribution in [0.3, 0.4) is 0 Å². The van der Waals surface area contributed by atoms with Gasteiger partial charge in [0.25, 0.3) is 0 Å². The van der Waals surface area contributed by atoms with Crippen LogP contribution in [0, 0.1) is 0 Å². The van der Waals surface area contributed by atoms with Crippen molar-refractivity contribution >= 4 is 12.2 Å². The minimum absolute atomic E-state index is 0.257. The summed E-state index contributed by atoms with van der Waals surface area (Å²) in [5.41, 5.74) is 0. The van der Waals surface area contributed by atoms with Crippen LogP contribution in [0.4, 0.5) is 61.5 Å². The molecule has 18 heteroatoms. The van der Waals surface area contributed by atoms with Gasteiger partial charge in [-0.15, -0.1) is 0 Å². The largest absolute Gasteiger partial charge is 0.460 e. The fraction of sp³-hybridized carbons (Fsp3) is 0.818. The van der Waals surface area contributed by atoms with E-state index in [1.54, 1.807) is 0 Å². The number of hydrogen-bond acceptors (Lipinski definition) is 4. The van der Waals surface area contributed by atoms with E-state index in [1.165, 1.54) is 0 Å². The molecule has 0 heterocycles. The minimum atomic E-state index is -8.12. The molecule has 2 atom stereocenters. The van der Waals surface area contributed by atoms with E-state index in [4.69, 9.17) is 0 Å². The number of aliphatic imine (C=N–C) groups is 2. The normalized spacial score (nSPS) is 16.5. The topological polar surface area (TPSA) is 58.9 Å². The molecule has 0 aliphatic carbocycles. The quantitative estimate of drug-likeness (QED) is 0.220. The van der Waals surface area contributed by atoms with Crippen molar-refractivity contribution in [3.05, 3.63) is 0 Å². The van der Waals surface area contributed by atoms with E-state index in [2.05, 4.69) is 0 Å². The van der Waals surface area contributed by atoms with Gasteiger partial charge in [0.1, 0.15) is 6.04 Å². The molecule has 0 aromatic rings. The summed E-state index contributed by atoms with van der Waals surface area (Å²) in [6, 6.07) is -3.28. The summed E-state index contributed by atoms with van der Waals surface area (Å²) in [6.45, 7) is 0. The second-order valence-electron chi connectivity index (χ2n) is 5.08. The van der Waals surface area contributed by atoms with Gasteiger partial charge in [-0.2, -0.15) is 67.1 Å². The Morgan fingerprint density at radius 3 is 1.34 bits per heavy atom. The molecule has 0 spiro atoms. The summed E-state index contributed by atoms with van der Waals surface area (Å²) in [5, 5.41) is 0. The number of hydrogen-bond donors (Lipinski definition) is 0. The highest BCUT2D eigenvalue weighted by Gasteiger charge is 2.90. The molecule has 0 rings (SSSR count). The summed E-state index contributed by atoms with van der Waals surface area (Å²) < 4.78 is 180. The number of alkyl halides is 14. The molecule has 168 valence electrons. The second-order valence-corrected chi connectivity index (χ2v) is 5.08. The van der Waals surface area contributed by atoms with Gasteiger partial charge in [0, 0.05) is 6.42 Å².